The highest BCUT2D eigenvalue weighted by molar-refractivity contribution is 5.95. The number of rotatable bonds is 6. The maximum atomic E-state index is 14.5. The molecule has 0 spiro atoms. The van der Waals surface area contributed by atoms with E-state index < -0.39 is 29.0 Å². The van der Waals surface area contributed by atoms with Crippen LogP contribution in [0.2, 0.25) is 0 Å². The predicted octanol–water partition coefficient (Wildman–Crippen LogP) is 3.05. The number of pyridine rings is 1. The number of H-pyrrole nitrogens is 1. The van der Waals surface area contributed by atoms with Crippen LogP contribution < -0.4 is 5.32 Å². The summed E-state index contributed by atoms with van der Waals surface area (Å²) in [6.07, 6.45) is -3.23. The topological polar surface area (TPSA) is 101 Å². The van der Waals surface area contributed by atoms with E-state index in [1.807, 2.05) is 16.8 Å². The summed E-state index contributed by atoms with van der Waals surface area (Å²) in [5, 5.41) is 9.92. The van der Waals surface area contributed by atoms with E-state index in [4.69, 9.17) is 0 Å². The number of carbonyl (C=O) groups excluding carboxylic acids is 2. The third-order valence-corrected chi connectivity index (χ3v) is 7.25. The average molecular weight is 575 g/mol. The van der Waals surface area contributed by atoms with Crippen LogP contribution in [0.5, 0.6) is 0 Å². The van der Waals surface area contributed by atoms with Gasteiger partial charge in [-0.2, -0.15) is 18.3 Å². The summed E-state index contributed by atoms with van der Waals surface area (Å²) < 4.78 is 53.9. The first-order valence-corrected chi connectivity index (χ1v) is 13.2. The van der Waals surface area contributed by atoms with Crippen molar-refractivity contribution < 1.29 is 27.2 Å². The zero-order chi connectivity index (χ0) is 29.1. The van der Waals surface area contributed by atoms with E-state index in [0.717, 1.165) is 25.2 Å². The number of hydrogen-bond acceptors (Lipinski definition) is 7. The van der Waals surface area contributed by atoms with Crippen molar-refractivity contribution in [2.75, 3.05) is 64.7 Å². The van der Waals surface area contributed by atoms with E-state index in [1.165, 1.54) is 4.90 Å². The zero-order valence-corrected chi connectivity index (χ0v) is 22.4. The molecule has 0 atom stereocenters. The van der Waals surface area contributed by atoms with Crippen LogP contribution in [0.15, 0.2) is 42.6 Å². The number of alkyl halides is 3. The molecule has 2 N–H and O–H groups in total. The number of carbonyl (C=O) groups is 2. The molecule has 2 saturated heterocycles. The molecule has 4 heterocycles. The summed E-state index contributed by atoms with van der Waals surface area (Å²) in [4.78, 5) is 38.2. The van der Waals surface area contributed by atoms with Crippen molar-refractivity contribution in [3.63, 3.8) is 0 Å². The first kappa shape index (κ1) is 28.5. The molecule has 10 nitrogen and oxygen atoms in total. The van der Waals surface area contributed by atoms with Gasteiger partial charge >= 0.3 is 6.18 Å². The van der Waals surface area contributed by atoms with Gasteiger partial charge in [-0.3, -0.25) is 19.6 Å². The molecular weight excluding hydrogens is 544 g/mol. The Labute approximate surface area is 233 Å². The zero-order valence-electron chi connectivity index (χ0n) is 22.4. The van der Waals surface area contributed by atoms with Gasteiger partial charge in [0, 0.05) is 76.7 Å². The molecule has 2 aliphatic rings. The summed E-state index contributed by atoms with van der Waals surface area (Å²) in [7, 11) is 2.02. The van der Waals surface area contributed by atoms with Gasteiger partial charge in [0.1, 0.15) is 11.6 Å². The van der Waals surface area contributed by atoms with Crippen molar-refractivity contribution in [3.8, 4) is 0 Å². The van der Waals surface area contributed by atoms with Gasteiger partial charge in [-0.05, 0) is 31.3 Å². The normalized spacial score (nSPS) is 17.1. The number of aromatic nitrogens is 3. The molecule has 2 aromatic heterocycles. The summed E-state index contributed by atoms with van der Waals surface area (Å²) >= 11 is 0. The molecule has 1 aromatic carbocycles. The van der Waals surface area contributed by atoms with Crippen LogP contribution in [-0.2, 0) is 12.7 Å². The number of halogens is 4. The van der Waals surface area contributed by atoms with Crippen molar-refractivity contribution >= 4 is 23.5 Å². The smallest absolute Gasteiger partial charge is 0.336 e. The fraction of sp³-hybridized carbons (Fsp3) is 0.407. The number of piperazine rings is 2. The first-order chi connectivity index (χ1) is 19.6. The molecule has 0 bridgehead atoms. The van der Waals surface area contributed by atoms with Crippen molar-refractivity contribution in [1.82, 2.24) is 34.8 Å². The second kappa shape index (κ2) is 11.8. The minimum atomic E-state index is -4.89. The Morgan fingerprint density at radius 1 is 0.927 bits per heavy atom. The fourth-order valence-corrected chi connectivity index (χ4v) is 4.93. The first-order valence-electron chi connectivity index (χ1n) is 13.2. The lowest BCUT2D eigenvalue weighted by molar-refractivity contribution is -0.140. The van der Waals surface area contributed by atoms with Crippen molar-refractivity contribution in [1.29, 1.82) is 0 Å². The van der Waals surface area contributed by atoms with Gasteiger partial charge in [-0.25, -0.2) is 9.37 Å². The molecule has 0 unspecified atom stereocenters. The molecule has 0 radical (unpaired) electrons. The van der Waals surface area contributed by atoms with Gasteiger partial charge in [-0.1, -0.05) is 6.07 Å². The van der Waals surface area contributed by atoms with Crippen LogP contribution in [-0.4, -0.2) is 106 Å². The second-order valence-electron chi connectivity index (χ2n) is 10.1. The highest BCUT2D eigenvalue weighted by Gasteiger charge is 2.36. The molecule has 14 heteroatoms. The molecule has 2 amide bonds. The Balaban J connectivity index is 1.28. The number of anilines is 2. The van der Waals surface area contributed by atoms with Gasteiger partial charge in [-0.15, -0.1) is 0 Å². The molecular formula is C27H30F4N8O2. The van der Waals surface area contributed by atoms with Crippen molar-refractivity contribution in [3.05, 3.63) is 70.8 Å². The average Bonchev–Trinajstić information content (AvgIpc) is 3.45. The lowest BCUT2D eigenvalue weighted by Crippen LogP contribution is -2.48. The number of aromatic amines is 1. The van der Waals surface area contributed by atoms with Crippen LogP contribution in [0, 0.1) is 5.82 Å². The Hall–Kier alpha value is -4.04. The molecule has 0 saturated carbocycles. The highest BCUT2D eigenvalue weighted by atomic mass is 19.4. The second-order valence-corrected chi connectivity index (χ2v) is 10.1. The van der Waals surface area contributed by atoms with E-state index in [-0.39, 0.29) is 19.0 Å². The number of nitrogens with zero attached hydrogens (tertiary/aromatic N) is 6. The van der Waals surface area contributed by atoms with Crippen LogP contribution in [0.25, 0.3) is 0 Å². The van der Waals surface area contributed by atoms with E-state index in [9.17, 15) is 27.2 Å². The van der Waals surface area contributed by atoms with Crippen LogP contribution in [0.3, 0.4) is 0 Å². The number of nitrogens with one attached hydrogen (secondary N) is 2. The third-order valence-electron chi connectivity index (χ3n) is 7.25. The van der Waals surface area contributed by atoms with Crippen LogP contribution in [0.4, 0.5) is 29.2 Å². The quantitative estimate of drug-likeness (QED) is 0.437. The SMILES string of the molecule is CN1CCN(C(=O)c2cc(CN3CCN(C(=O)c4cccc(C(F)(F)F)c4F)CC3)nc(Nc3cc[nH]n3)c2)CC1. The minimum absolute atomic E-state index is 0.0923. The highest BCUT2D eigenvalue weighted by Crippen LogP contribution is 2.32. The van der Waals surface area contributed by atoms with E-state index in [0.29, 0.717) is 61.7 Å². The molecule has 5 rings (SSSR count). The van der Waals surface area contributed by atoms with Gasteiger partial charge in [0.2, 0.25) is 0 Å². The summed E-state index contributed by atoms with van der Waals surface area (Å²) in [6.45, 7) is 4.39. The Morgan fingerprint density at radius 2 is 1.61 bits per heavy atom. The van der Waals surface area contributed by atoms with Crippen LogP contribution >= 0.6 is 0 Å². The fourth-order valence-electron chi connectivity index (χ4n) is 4.93. The molecule has 0 aliphatic carbocycles. The third kappa shape index (κ3) is 6.65. The van der Waals surface area contributed by atoms with Gasteiger partial charge < -0.3 is 20.0 Å². The van der Waals surface area contributed by atoms with Gasteiger partial charge in [0.15, 0.2) is 5.82 Å². The molecule has 2 aliphatic heterocycles. The standard InChI is InChI=1S/C27H30F4N8O2/c1-36-7-11-38(12-8-36)25(40)18-15-19(33-23(16-18)34-22-5-6-32-35-22)17-37-9-13-39(14-10-37)26(41)20-3-2-4-21(24(20)28)27(29,30)31/h2-6,15-16H,7-14,17H2,1H3,(H2,32,33,34,35). The molecule has 41 heavy (non-hydrogen) atoms. The lowest BCUT2D eigenvalue weighted by atomic mass is 10.1. The predicted molar refractivity (Wildman–Crippen MR) is 142 cm³/mol. The minimum Gasteiger partial charge on any atom is -0.336 e. The maximum Gasteiger partial charge on any atom is 0.419 e. The largest absolute Gasteiger partial charge is 0.419 e. The van der Waals surface area contributed by atoms with Gasteiger partial charge in [0.25, 0.3) is 11.8 Å². The Kier molecular flexibility index (Phi) is 8.22. The molecule has 2 fully saturated rings. The Bertz CT molecular complexity index is 1380. The van der Waals surface area contributed by atoms with Crippen molar-refractivity contribution in [2.24, 2.45) is 0 Å². The number of hydrogen-bond donors (Lipinski definition) is 2. The Morgan fingerprint density at radius 3 is 2.27 bits per heavy atom. The van der Waals surface area contributed by atoms with E-state index >= 15 is 0 Å². The summed E-state index contributed by atoms with van der Waals surface area (Å²) in [5.41, 5.74) is -0.935. The monoisotopic (exact) mass is 574 g/mol. The number of amides is 2. The molecule has 3 aromatic rings. The van der Waals surface area contributed by atoms with E-state index in [1.54, 1.807) is 24.4 Å². The number of benzene rings is 1. The van der Waals surface area contributed by atoms with Crippen molar-refractivity contribution in [2.45, 2.75) is 12.7 Å². The lowest BCUT2D eigenvalue weighted by Gasteiger charge is -2.35. The summed E-state index contributed by atoms with van der Waals surface area (Å²) in [5.74, 6) is -1.43. The maximum absolute atomic E-state index is 14.5. The van der Waals surface area contributed by atoms with E-state index in [2.05, 4.69) is 25.4 Å². The summed E-state index contributed by atoms with van der Waals surface area (Å²) in [6, 6.07) is 7.91. The van der Waals surface area contributed by atoms with Gasteiger partial charge in [0.05, 0.1) is 16.8 Å². The number of likely N-dealkylation sites (N-methyl/N-ethyl adjacent to an activating group) is 1. The molecule has 218 valence electrons. The van der Waals surface area contributed by atoms with Crippen LogP contribution in [0.1, 0.15) is 32.0 Å².